The second-order valence-electron chi connectivity index (χ2n) is 4.19. The lowest BCUT2D eigenvalue weighted by Crippen LogP contribution is -2.05. The van der Waals surface area contributed by atoms with Crippen LogP contribution in [0.1, 0.15) is 22.8 Å². The molecule has 2 rings (SSSR count). The van der Waals surface area contributed by atoms with Crippen LogP contribution < -0.4 is 0 Å². The Morgan fingerprint density at radius 2 is 1.63 bits per heavy atom. The highest BCUT2D eigenvalue weighted by molar-refractivity contribution is 6.31. The van der Waals surface area contributed by atoms with Crippen LogP contribution in [0.15, 0.2) is 30.3 Å². The van der Waals surface area contributed by atoms with E-state index in [0.717, 1.165) is 18.2 Å². The maximum Gasteiger partial charge on any atom is 0.160 e. The van der Waals surface area contributed by atoms with Gasteiger partial charge in [-0.1, -0.05) is 17.7 Å². The summed E-state index contributed by atoms with van der Waals surface area (Å²) in [6.07, 6.45) is -1.32. The van der Waals surface area contributed by atoms with E-state index in [1.54, 1.807) is 6.92 Å². The molecule has 0 heterocycles. The smallest absolute Gasteiger partial charge is 0.160 e. The highest BCUT2D eigenvalue weighted by atomic mass is 35.5. The summed E-state index contributed by atoms with van der Waals surface area (Å²) >= 11 is 5.78. The molecular weight excluding hydrogens is 277 g/mol. The van der Waals surface area contributed by atoms with Gasteiger partial charge in [-0.15, -0.1) is 0 Å². The Morgan fingerprint density at radius 1 is 1.00 bits per heavy atom. The Balaban J connectivity index is 2.52. The number of aryl methyl sites for hydroxylation is 1. The van der Waals surface area contributed by atoms with Gasteiger partial charge in [0.25, 0.3) is 0 Å². The highest BCUT2D eigenvalue weighted by Gasteiger charge is 2.19. The largest absolute Gasteiger partial charge is 0.384 e. The average molecular weight is 287 g/mol. The third-order valence-corrected chi connectivity index (χ3v) is 3.20. The molecule has 0 aliphatic rings. The van der Waals surface area contributed by atoms with Gasteiger partial charge < -0.3 is 5.11 Å². The zero-order valence-corrected chi connectivity index (χ0v) is 10.7. The van der Waals surface area contributed by atoms with Gasteiger partial charge in [0.2, 0.25) is 0 Å². The fraction of sp³-hybridized carbons (Fsp3) is 0.143. The number of aliphatic hydroxyl groups is 1. The molecular formula is C14H10ClF3O. The second kappa shape index (κ2) is 5.23. The van der Waals surface area contributed by atoms with E-state index < -0.39 is 23.6 Å². The average Bonchev–Trinajstić information content (AvgIpc) is 2.36. The summed E-state index contributed by atoms with van der Waals surface area (Å²) in [4.78, 5) is 0. The summed E-state index contributed by atoms with van der Waals surface area (Å²) in [5, 5.41) is 10.0. The first kappa shape index (κ1) is 13.9. The predicted molar refractivity (Wildman–Crippen MR) is 66.6 cm³/mol. The van der Waals surface area contributed by atoms with Gasteiger partial charge in [-0.25, -0.2) is 13.2 Å². The number of aliphatic hydroxyl groups excluding tert-OH is 1. The van der Waals surface area contributed by atoms with Crippen LogP contribution in [-0.4, -0.2) is 5.11 Å². The molecule has 19 heavy (non-hydrogen) atoms. The van der Waals surface area contributed by atoms with Gasteiger partial charge in [0.1, 0.15) is 11.9 Å². The molecule has 0 aromatic heterocycles. The normalized spacial score (nSPS) is 12.5. The molecule has 1 atom stereocenters. The third kappa shape index (κ3) is 2.74. The molecule has 2 aromatic rings. The van der Waals surface area contributed by atoms with Crippen LogP contribution in [0.3, 0.4) is 0 Å². The molecule has 0 bridgehead atoms. The number of hydrogen-bond donors (Lipinski definition) is 1. The van der Waals surface area contributed by atoms with E-state index in [-0.39, 0.29) is 16.1 Å². The Kier molecular flexibility index (Phi) is 3.83. The van der Waals surface area contributed by atoms with Crippen molar-refractivity contribution in [1.29, 1.82) is 0 Å². The molecule has 0 aliphatic heterocycles. The van der Waals surface area contributed by atoms with Crippen molar-refractivity contribution >= 4 is 11.6 Å². The van der Waals surface area contributed by atoms with Gasteiger partial charge in [-0.2, -0.15) is 0 Å². The van der Waals surface area contributed by atoms with E-state index in [0.29, 0.717) is 5.56 Å². The third-order valence-electron chi connectivity index (χ3n) is 2.87. The molecule has 5 heteroatoms. The molecule has 0 aliphatic carbocycles. The van der Waals surface area contributed by atoms with E-state index in [2.05, 4.69) is 0 Å². The topological polar surface area (TPSA) is 20.2 Å². The van der Waals surface area contributed by atoms with E-state index in [1.807, 2.05) is 0 Å². The van der Waals surface area contributed by atoms with Crippen LogP contribution in [0.5, 0.6) is 0 Å². The van der Waals surface area contributed by atoms with Crippen LogP contribution in [0.4, 0.5) is 13.2 Å². The van der Waals surface area contributed by atoms with Crippen molar-refractivity contribution in [1.82, 2.24) is 0 Å². The number of rotatable bonds is 2. The van der Waals surface area contributed by atoms with Crippen LogP contribution in [0.2, 0.25) is 5.02 Å². The molecule has 0 amide bonds. The van der Waals surface area contributed by atoms with Crippen molar-refractivity contribution in [3.05, 3.63) is 69.5 Å². The van der Waals surface area contributed by atoms with Crippen molar-refractivity contribution < 1.29 is 18.3 Å². The zero-order valence-electron chi connectivity index (χ0n) is 9.92. The van der Waals surface area contributed by atoms with Gasteiger partial charge >= 0.3 is 0 Å². The molecule has 1 N–H and O–H groups in total. The molecule has 100 valence electrons. The summed E-state index contributed by atoms with van der Waals surface area (Å²) < 4.78 is 39.4. The van der Waals surface area contributed by atoms with Crippen molar-refractivity contribution in [2.24, 2.45) is 0 Å². The molecule has 0 saturated heterocycles. The van der Waals surface area contributed by atoms with Gasteiger partial charge in [0.05, 0.1) is 0 Å². The molecule has 1 unspecified atom stereocenters. The molecule has 0 radical (unpaired) electrons. The van der Waals surface area contributed by atoms with E-state index in [9.17, 15) is 18.3 Å². The van der Waals surface area contributed by atoms with Crippen LogP contribution in [0.25, 0.3) is 0 Å². The maximum atomic E-state index is 13.2. The summed E-state index contributed by atoms with van der Waals surface area (Å²) in [5.41, 5.74) is 0.872. The summed E-state index contributed by atoms with van der Waals surface area (Å²) in [6, 6.07) is 5.47. The molecule has 1 nitrogen and oxygen atoms in total. The first-order valence-corrected chi connectivity index (χ1v) is 5.86. The van der Waals surface area contributed by atoms with Crippen molar-refractivity contribution in [3.8, 4) is 0 Å². The van der Waals surface area contributed by atoms with Crippen LogP contribution >= 0.6 is 11.6 Å². The van der Waals surface area contributed by atoms with Crippen molar-refractivity contribution in [2.75, 3.05) is 0 Å². The van der Waals surface area contributed by atoms with Crippen LogP contribution in [-0.2, 0) is 0 Å². The lowest BCUT2D eigenvalue weighted by atomic mass is 9.97. The summed E-state index contributed by atoms with van der Waals surface area (Å²) in [6.45, 7) is 1.67. The molecule has 2 aromatic carbocycles. The van der Waals surface area contributed by atoms with Gasteiger partial charge in [0, 0.05) is 10.6 Å². The quantitative estimate of drug-likeness (QED) is 0.822. The minimum Gasteiger partial charge on any atom is -0.384 e. The first-order valence-electron chi connectivity index (χ1n) is 5.48. The Hall–Kier alpha value is -1.52. The lowest BCUT2D eigenvalue weighted by molar-refractivity contribution is 0.218. The fourth-order valence-corrected chi connectivity index (χ4v) is 2.07. The standard InChI is InChI=1S/C14H10ClF3O/c1-7-2-3-8(16)4-9(7)14(19)10-5-12(17)13(18)6-11(10)15/h2-6,14,19H,1H3. The molecule has 0 fully saturated rings. The van der Waals surface area contributed by atoms with Crippen molar-refractivity contribution in [2.45, 2.75) is 13.0 Å². The van der Waals surface area contributed by atoms with Crippen LogP contribution in [0, 0.1) is 24.4 Å². The zero-order chi connectivity index (χ0) is 14.2. The van der Waals surface area contributed by atoms with Gasteiger partial charge in [0.15, 0.2) is 11.6 Å². The minimum absolute atomic E-state index is 0.00531. The maximum absolute atomic E-state index is 13.2. The summed E-state index contributed by atoms with van der Waals surface area (Å²) in [7, 11) is 0. The Labute approximate surface area is 113 Å². The minimum atomic E-state index is -1.32. The molecule has 0 spiro atoms. The van der Waals surface area contributed by atoms with Gasteiger partial charge in [-0.3, -0.25) is 0 Å². The van der Waals surface area contributed by atoms with Gasteiger partial charge in [-0.05, 0) is 42.3 Å². The number of hydrogen-bond acceptors (Lipinski definition) is 1. The van der Waals surface area contributed by atoms with E-state index >= 15 is 0 Å². The Bertz CT molecular complexity index is 628. The van der Waals surface area contributed by atoms with E-state index in [4.69, 9.17) is 11.6 Å². The number of benzene rings is 2. The Morgan fingerprint density at radius 3 is 2.32 bits per heavy atom. The number of halogens is 4. The second-order valence-corrected chi connectivity index (χ2v) is 4.60. The lowest BCUT2D eigenvalue weighted by Gasteiger charge is -2.16. The van der Waals surface area contributed by atoms with E-state index in [1.165, 1.54) is 12.1 Å². The predicted octanol–water partition coefficient (Wildman–Crippen LogP) is 4.15. The highest BCUT2D eigenvalue weighted by Crippen LogP contribution is 2.31. The fourth-order valence-electron chi connectivity index (χ4n) is 1.82. The summed E-state index contributed by atoms with van der Waals surface area (Å²) in [5.74, 6) is -2.75. The SMILES string of the molecule is Cc1ccc(F)cc1C(O)c1cc(F)c(F)cc1Cl. The monoisotopic (exact) mass is 286 g/mol. The molecule has 0 saturated carbocycles. The first-order chi connectivity index (χ1) is 8.90. The van der Waals surface area contributed by atoms with Crippen molar-refractivity contribution in [3.63, 3.8) is 0 Å².